The molecule has 0 atom stereocenters. The molecule has 1 aromatic carbocycles. The van der Waals surface area contributed by atoms with Gasteiger partial charge in [-0.25, -0.2) is 10.3 Å². The van der Waals surface area contributed by atoms with Gasteiger partial charge in [-0.1, -0.05) is 24.3 Å². The summed E-state index contributed by atoms with van der Waals surface area (Å²) in [6.45, 7) is 4.12. The van der Waals surface area contributed by atoms with Crippen molar-refractivity contribution in [3.05, 3.63) is 59.9 Å². The Labute approximate surface area is 142 Å². The Hall–Kier alpha value is -2.91. The van der Waals surface area contributed by atoms with Crippen LogP contribution in [0.2, 0.25) is 0 Å². The number of aliphatic imine (C=N–C) groups is 1. The molecule has 6 heteroatoms. The Balaban J connectivity index is 1.70. The first kappa shape index (κ1) is 17.4. The number of nitrogens with zero attached hydrogens (tertiary/aromatic N) is 3. The van der Waals surface area contributed by atoms with E-state index in [-0.39, 0.29) is 6.02 Å². The second-order valence-corrected chi connectivity index (χ2v) is 5.20. The highest BCUT2D eigenvalue weighted by Gasteiger charge is 2.01. The molecular formula is C18H21N5O. The molecule has 124 valence electrons. The summed E-state index contributed by atoms with van der Waals surface area (Å²) < 4.78 is 5.53. The van der Waals surface area contributed by atoms with E-state index >= 15 is 0 Å². The number of hydrogen-bond donors (Lipinski definition) is 2. The first-order valence-corrected chi connectivity index (χ1v) is 7.82. The van der Waals surface area contributed by atoms with Gasteiger partial charge < -0.3 is 10.1 Å². The topological polar surface area (TPSA) is 82.3 Å². The Bertz CT molecular complexity index is 677. The zero-order chi connectivity index (χ0) is 17.0. The molecule has 1 heterocycles. The number of pyridine rings is 1. The molecule has 0 saturated carbocycles. The van der Waals surface area contributed by atoms with Crippen molar-refractivity contribution in [2.45, 2.75) is 19.9 Å². The van der Waals surface area contributed by atoms with Crippen LogP contribution in [-0.2, 0) is 6.54 Å². The fourth-order valence-electron chi connectivity index (χ4n) is 1.95. The van der Waals surface area contributed by atoms with Crippen LogP contribution in [0.5, 0.6) is 5.75 Å². The molecule has 0 aliphatic rings. The van der Waals surface area contributed by atoms with Gasteiger partial charge >= 0.3 is 6.02 Å². The van der Waals surface area contributed by atoms with Crippen molar-refractivity contribution in [2.24, 2.45) is 4.99 Å². The number of hydrogen-bond acceptors (Lipinski definition) is 5. The van der Waals surface area contributed by atoms with E-state index in [9.17, 15) is 0 Å². The SMILES string of the molecule is Cc1ccc(CNCCCN=C(NC#N)Oc2ccccc2)nc1. The summed E-state index contributed by atoms with van der Waals surface area (Å²) >= 11 is 0. The highest BCUT2D eigenvalue weighted by atomic mass is 16.5. The summed E-state index contributed by atoms with van der Waals surface area (Å²) in [7, 11) is 0. The van der Waals surface area contributed by atoms with Crippen molar-refractivity contribution in [1.29, 1.82) is 5.26 Å². The van der Waals surface area contributed by atoms with E-state index in [1.807, 2.05) is 55.7 Å². The highest BCUT2D eigenvalue weighted by Crippen LogP contribution is 2.08. The van der Waals surface area contributed by atoms with Crippen molar-refractivity contribution in [3.8, 4) is 11.9 Å². The molecule has 0 saturated heterocycles. The second-order valence-electron chi connectivity index (χ2n) is 5.20. The molecule has 0 fully saturated rings. The molecule has 0 unspecified atom stereocenters. The van der Waals surface area contributed by atoms with Gasteiger partial charge in [0.05, 0.1) is 5.69 Å². The van der Waals surface area contributed by atoms with Crippen LogP contribution in [0.25, 0.3) is 0 Å². The zero-order valence-corrected chi connectivity index (χ0v) is 13.7. The third-order valence-electron chi connectivity index (χ3n) is 3.17. The molecule has 24 heavy (non-hydrogen) atoms. The summed E-state index contributed by atoms with van der Waals surface area (Å²) in [5, 5.41) is 14.5. The van der Waals surface area contributed by atoms with Crippen molar-refractivity contribution in [3.63, 3.8) is 0 Å². The molecule has 0 bridgehead atoms. The van der Waals surface area contributed by atoms with Crippen LogP contribution in [0.4, 0.5) is 0 Å². The molecule has 0 aliphatic carbocycles. The standard InChI is InChI=1S/C18H21N5O/c1-15-8-9-16(22-12-15)13-20-10-5-11-21-18(23-14-19)24-17-6-3-2-4-7-17/h2-4,6-9,12,20H,5,10-11,13H2,1H3,(H,21,23). The Kier molecular flexibility index (Phi) is 7.25. The third kappa shape index (κ3) is 6.46. The van der Waals surface area contributed by atoms with E-state index in [1.165, 1.54) is 0 Å². The molecule has 0 aliphatic heterocycles. The minimum Gasteiger partial charge on any atom is -0.425 e. The maximum atomic E-state index is 8.76. The van der Waals surface area contributed by atoms with Gasteiger partial charge in [-0.05, 0) is 43.7 Å². The normalized spacial score (nSPS) is 10.9. The first-order valence-electron chi connectivity index (χ1n) is 7.82. The minimum absolute atomic E-state index is 0.212. The number of amidine groups is 1. The van der Waals surface area contributed by atoms with Gasteiger partial charge in [-0.15, -0.1) is 0 Å². The molecule has 1 aromatic heterocycles. The van der Waals surface area contributed by atoms with Crippen LogP contribution in [0, 0.1) is 18.4 Å². The quantitative estimate of drug-likeness (QED) is 0.269. The Morgan fingerprint density at radius 3 is 2.79 bits per heavy atom. The summed E-state index contributed by atoms with van der Waals surface area (Å²) in [5.74, 6) is 0.641. The first-order chi connectivity index (χ1) is 11.8. The van der Waals surface area contributed by atoms with Gasteiger partial charge in [0, 0.05) is 19.3 Å². The van der Waals surface area contributed by atoms with Gasteiger partial charge in [-0.3, -0.25) is 4.98 Å². The highest BCUT2D eigenvalue weighted by molar-refractivity contribution is 5.77. The minimum atomic E-state index is 0.212. The number of para-hydroxylation sites is 1. The molecule has 0 spiro atoms. The van der Waals surface area contributed by atoms with Crippen molar-refractivity contribution < 1.29 is 4.74 Å². The average molecular weight is 323 g/mol. The van der Waals surface area contributed by atoms with E-state index in [2.05, 4.69) is 26.7 Å². The predicted molar refractivity (Wildman–Crippen MR) is 93.4 cm³/mol. The number of ether oxygens (including phenoxy) is 1. The smallest absolute Gasteiger partial charge is 0.303 e. The largest absolute Gasteiger partial charge is 0.425 e. The van der Waals surface area contributed by atoms with E-state index < -0.39 is 0 Å². The maximum absolute atomic E-state index is 8.76. The lowest BCUT2D eigenvalue weighted by Gasteiger charge is -2.07. The summed E-state index contributed by atoms with van der Waals surface area (Å²) in [4.78, 5) is 8.61. The number of nitriles is 1. The number of aromatic nitrogens is 1. The third-order valence-corrected chi connectivity index (χ3v) is 3.17. The van der Waals surface area contributed by atoms with E-state index in [4.69, 9.17) is 10.00 Å². The van der Waals surface area contributed by atoms with Crippen LogP contribution in [0.3, 0.4) is 0 Å². The van der Waals surface area contributed by atoms with Gasteiger partial charge in [0.15, 0.2) is 6.19 Å². The van der Waals surface area contributed by atoms with Gasteiger partial charge in [0.25, 0.3) is 0 Å². The second kappa shape index (κ2) is 9.98. The molecule has 6 nitrogen and oxygen atoms in total. The Morgan fingerprint density at radius 1 is 1.25 bits per heavy atom. The lowest BCUT2D eigenvalue weighted by atomic mass is 10.3. The van der Waals surface area contributed by atoms with Crippen molar-refractivity contribution >= 4 is 6.02 Å². The lowest BCUT2D eigenvalue weighted by Crippen LogP contribution is -2.25. The fraction of sp³-hybridized carbons (Fsp3) is 0.278. The van der Waals surface area contributed by atoms with Crippen LogP contribution in [0.1, 0.15) is 17.7 Å². The van der Waals surface area contributed by atoms with E-state index in [0.717, 1.165) is 30.8 Å². The average Bonchev–Trinajstić information content (AvgIpc) is 2.60. The van der Waals surface area contributed by atoms with Crippen molar-refractivity contribution in [1.82, 2.24) is 15.6 Å². The molecule has 0 amide bonds. The van der Waals surface area contributed by atoms with Gasteiger partial charge in [-0.2, -0.15) is 5.26 Å². The number of rotatable bonds is 7. The number of aryl methyl sites for hydroxylation is 1. The van der Waals surface area contributed by atoms with E-state index in [1.54, 1.807) is 0 Å². The molecule has 2 aromatic rings. The summed E-state index contributed by atoms with van der Waals surface area (Å²) in [5.41, 5.74) is 2.17. The molecular weight excluding hydrogens is 302 g/mol. The lowest BCUT2D eigenvalue weighted by molar-refractivity contribution is 0.524. The van der Waals surface area contributed by atoms with Gasteiger partial charge in [0.1, 0.15) is 5.75 Å². The maximum Gasteiger partial charge on any atom is 0.303 e. The zero-order valence-electron chi connectivity index (χ0n) is 13.7. The monoisotopic (exact) mass is 323 g/mol. The van der Waals surface area contributed by atoms with Crippen molar-refractivity contribution in [2.75, 3.05) is 13.1 Å². The molecule has 2 rings (SSSR count). The van der Waals surface area contributed by atoms with E-state index in [0.29, 0.717) is 12.3 Å². The predicted octanol–water partition coefficient (Wildman–Crippen LogP) is 2.38. The number of benzene rings is 1. The molecule has 2 N–H and O–H groups in total. The Morgan fingerprint density at radius 2 is 2.08 bits per heavy atom. The number of nitrogens with one attached hydrogen (secondary N) is 2. The summed E-state index contributed by atoms with van der Waals surface area (Å²) in [6, 6.07) is 13.5. The fourth-order valence-corrected chi connectivity index (χ4v) is 1.95. The van der Waals surface area contributed by atoms with Crippen LogP contribution >= 0.6 is 0 Å². The van der Waals surface area contributed by atoms with Crippen LogP contribution in [-0.4, -0.2) is 24.1 Å². The van der Waals surface area contributed by atoms with Crippen LogP contribution in [0.15, 0.2) is 53.7 Å². The molecule has 0 radical (unpaired) electrons. The van der Waals surface area contributed by atoms with Gasteiger partial charge in [0.2, 0.25) is 0 Å². The summed E-state index contributed by atoms with van der Waals surface area (Å²) in [6.07, 6.45) is 4.53. The van der Waals surface area contributed by atoms with Crippen LogP contribution < -0.4 is 15.4 Å².